The summed E-state index contributed by atoms with van der Waals surface area (Å²) in [7, 11) is 5.91. The Kier molecular flexibility index (Phi) is 7.68. The fraction of sp³-hybridized carbons (Fsp3) is 0.765. The first-order valence-corrected chi connectivity index (χ1v) is 9.62. The molecule has 0 saturated carbocycles. The van der Waals surface area contributed by atoms with Crippen LogP contribution in [0.1, 0.15) is 33.6 Å². The quantitative estimate of drug-likeness (QED) is 0.477. The third-order valence-electron chi connectivity index (χ3n) is 4.36. The third kappa shape index (κ3) is 6.30. The van der Waals surface area contributed by atoms with E-state index in [4.69, 9.17) is 0 Å². The number of hydrogen-bond donors (Lipinski definition) is 4. The Morgan fingerprint density at radius 3 is 2.11 bits per heavy atom. The fourth-order valence-corrected chi connectivity index (χ4v) is 2.67. The summed E-state index contributed by atoms with van der Waals surface area (Å²) in [6.07, 6.45) is 1.95. The highest BCUT2D eigenvalue weighted by Crippen LogP contribution is 2.02. The molecule has 0 radical (unpaired) electrons. The monoisotopic (exact) mass is 378 g/mol. The smallest absolute Gasteiger partial charge is 0.202 e. The van der Waals surface area contributed by atoms with Crippen LogP contribution in [0.15, 0.2) is 20.0 Å². The van der Waals surface area contributed by atoms with Crippen LogP contribution in [0.3, 0.4) is 0 Å². The second-order valence-corrected chi connectivity index (χ2v) is 6.69. The molecule has 0 fully saturated rings. The van der Waals surface area contributed by atoms with Crippen LogP contribution in [0, 0.1) is 0 Å². The number of nitrogens with one attached hydrogen (secondary N) is 4. The SMILES string of the molecule is CCN(C)C1=NC(C)N=C(NCCCCN(C)C2=NC(C)N=C(NC)N2)N1. The number of aliphatic imine (C=N–C) groups is 4. The number of rotatable bonds is 6. The molecule has 0 aromatic rings. The zero-order valence-corrected chi connectivity index (χ0v) is 17.4. The van der Waals surface area contributed by atoms with Gasteiger partial charge in [-0.3, -0.25) is 10.6 Å². The molecule has 10 heteroatoms. The Balaban J connectivity index is 1.69. The molecule has 152 valence electrons. The molecule has 0 amide bonds. The average Bonchev–Trinajstić information content (AvgIpc) is 2.65. The number of hydrogen-bond acceptors (Lipinski definition) is 10. The van der Waals surface area contributed by atoms with Crippen LogP contribution >= 0.6 is 0 Å². The van der Waals surface area contributed by atoms with Crippen molar-refractivity contribution in [3.8, 4) is 0 Å². The van der Waals surface area contributed by atoms with E-state index in [-0.39, 0.29) is 12.3 Å². The Morgan fingerprint density at radius 2 is 1.48 bits per heavy atom. The molecular formula is C17H34N10. The van der Waals surface area contributed by atoms with Gasteiger partial charge in [0.25, 0.3) is 0 Å². The molecule has 2 unspecified atom stereocenters. The highest BCUT2D eigenvalue weighted by molar-refractivity contribution is 6.00. The summed E-state index contributed by atoms with van der Waals surface area (Å²) in [5.41, 5.74) is 0. The molecule has 0 spiro atoms. The third-order valence-corrected chi connectivity index (χ3v) is 4.36. The van der Waals surface area contributed by atoms with Crippen LogP contribution in [0.25, 0.3) is 0 Å². The minimum Gasteiger partial charge on any atom is -0.359 e. The van der Waals surface area contributed by atoms with Gasteiger partial charge < -0.3 is 20.4 Å². The number of nitrogens with zero attached hydrogens (tertiary/aromatic N) is 6. The Morgan fingerprint density at radius 1 is 0.889 bits per heavy atom. The summed E-state index contributed by atoms with van der Waals surface area (Å²) in [6.45, 7) is 8.73. The Hall–Kier alpha value is -2.52. The van der Waals surface area contributed by atoms with E-state index in [2.05, 4.69) is 58.0 Å². The first-order valence-electron chi connectivity index (χ1n) is 9.62. The van der Waals surface area contributed by atoms with Crippen molar-refractivity contribution < 1.29 is 0 Å². The molecule has 0 saturated heterocycles. The second-order valence-electron chi connectivity index (χ2n) is 6.69. The van der Waals surface area contributed by atoms with Gasteiger partial charge in [-0.1, -0.05) is 0 Å². The molecule has 0 aliphatic carbocycles. The van der Waals surface area contributed by atoms with Crippen LogP contribution in [-0.2, 0) is 0 Å². The fourth-order valence-electron chi connectivity index (χ4n) is 2.67. The minimum atomic E-state index is -0.0673. The first-order chi connectivity index (χ1) is 12.9. The second kappa shape index (κ2) is 9.98. The standard InChI is InChI=1S/C17H34N10/c1-7-26(5)16-22-13(3)21-15(25-16)19-10-8-9-11-27(6)17-23-12(2)20-14(18-4)24-17/h12-13H,7-11H2,1-6H3,(H2,18,20,23,24)(H2,19,21,22,25). The highest BCUT2D eigenvalue weighted by atomic mass is 15.4. The molecule has 0 aromatic carbocycles. The van der Waals surface area contributed by atoms with Crippen LogP contribution < -0.4 is 21.3 Å². The number of unbranched alkanes of at least 4 members (excludes halogenated alkanes) is 1. The van der Waals surface area contributed by atoms with E-state index in [1.54, 1.807) is 0 Å². The van der Waals surface area contributed by atoms with E-state index >= 15 is 0 Å². The lowest BCUT2D eigenvalue weighted by Crippen LogP contribution is -2.51. The minimum absolute atomic E-state index is 0.0655. The van der Waals surface area contributed by atoms with Gasteiger partial charge in [-0.2, -0.15) is 0 Å². The van der Waals surface area contributed by atoms with E-state index in [0.29, 0.717) is 0 Å². The molecule has 2 aliphatic rings. The molecule has 2 rings (SSSR count). The van der Waals surface area contributed by atoms with Crippen LogP contribution in [-0.4, -0.2) is 86.7 Å². The zero-order chi connectivity index (χ0) is 19.8. The largest absolute Gasteiger partial charge is 0.359 e. The molecule has 2 atom stereocenters. The van der Waals surface area contributed by atoms with Crippen molar-refractivity contribution >= 4 is 23.8 Å². The molecule has 2 aliphatic heterocycles. The maximum absolute atomic E-state index is 4.54. The van der Waals surface area contributed by atoms with Crippen molar-refractivity contribution in [2.24, 2.45) is 20.0 Å². The first kappa shape index (κ1) is 20.8. The summed E-state index contributed by atoms with van der Waals surface area (Å²) in [5.74, 6) is 3.26. The predicted octanol–water partition coefficient (Wildman–Crippen LogP) is -0.218. The lowest BCUT2D eigenvalue weighted by Gasteiger charge is -2.27. The van der Waals surface area contributed by atoms with E-state index in [0.717, 1.165) is 56.3 Å². The molecule has 27 heavy (non-hydrogen) atoms. The van der Waals surface area contributed by atoms with Gasteiger partial charge in [0.1, 0.15) is 12.3 Å². The topological polar surface area (TPSA) is 104 Å². The zero-order valence-electron chi connectivity index (χ0n) is 17.4. The van der Waals surface area contributed by atoms with Gasteiger partial charge in [-0.15, -0.1) is 0 Å². The molecule has 0 aromatic heterocycles. The van der Waals surface area contributed by atoms with Crippen LogP contribution in [0.5, 0.6) is 0 Å². The van der Waals surface area contributed by atoms with E-state index in [1.165, 1.54) is 0 Å². The summed E-state index contributed by atoms with van der Waals surface area (Å²) in [4.78, 5) is 22.1. The van der Waals surface area contributed by atoms with Gasteiger partial charge in [-0.25, -0.2) is 20.0 Å². The van der Waals surface area contributed by atoms with Crippen LogP contribution in [0.4, 0.5) is 0 Å². The molecule has 2 heterocycles. The van der Waals surface area contributed by atoms with E-state index in [1.807, 2.05) is 35.0 Å². The normalized spacial score (nSPS) is 21.7. The van der Waals surface area contributed by atoms with E-state index < -0.39 is 0 Å². The van der Waals surface area contributed by atoms with E-state index in [9.17, 15) is 0 Å². The highest BCUT2D eigenvalue weighted by Gasteiger charge is 2.16. The molecular weight excluding hydrogens is 344 g/mol. The molecule has 0 bridgehead atoms. The average molecular weight is 379 g/mol. The maximum Gasteiger partial charge on any atom is 0.202 e. The number of guanidine groups is 4. The summed E-state index contributed by atoms with van der Waals surface area (Å²) >= 11 is 0. The Labute approximate surface area is 162 Å². The molecule has 4 N–H and O–H groups in total. The predicted molar refractivity (Wildman–Crippen MR) is 112 cm³/mol. The Bertz CT molecular complexity index is 609. The maximum atomic E-state index is 4.54. The molecule has 10 nitrogen and oxygen atoms in total. The van der Waals surface area contributed by atoms with Gasteiger partial charge in [0.05, 0.1) is 0 Å². The van der Waals surface area contributed by atoms with Gasteiger partial charge >= 0.3 is 0 Å². The summed E-state index contributed by atoms with van der Waals surface area (Å²) in [6, 6.07) is 0. The van der Waals surface area contributed by atoms with Gasteiger partial charge in [0, 0.05) is 40.8 Å². The van der Waals surface area contributed by atoms with Gasteiger partial charge in [-0.05, 0) is 33.6 Å². The van der Waals surface area contributed by atoms with Crippen molar-refractivity contribution in [3.63, 3.8) is 0 Å². The van der Waals surface area contributed by atoms with Crippen LogP contribution in [0.2, 0.25) is 0 Å². The van der Waals surface area contributed by atoms with Crippen molar-refractivity contribution in [1.82, 2.24) is 31.1 Å². The lowest BCUT2D eigenvalue weighted by molar-refractivity contribution is 0.459. The van der Waals surface area contributed by atoms with Crippen molar-refractivity contribution in [2.75, 3.05) is 40.8 Å². The summed E-state index contributed by atoms with van der Waals surface area (Å²) in [5, 5.41) is 12.9. The van der Waals surface area contributed by atoms with Gasteiger partial charge in [0.2, 0.25) is 11.9 Å². The lowest BCUT2D eigenvalue weighted by atomic mass is 10.3. The van der Waals surface area contributed by atoms with Crippen molar-refractivity contribution in [1.29, 1.82) is 0 Å². The van der Waals surface area contributed by atoms with Crippen molar-refractivity contribution in [2.45, 2.75) is 45.9 Å². The summed E-state index contributed by atoms with van der Waals surface area (Å²) < 4.78 is 0. The van der Waals surface area contributed by atoms with Gasteiger partial charge in [0.15, 0.2) is 11.9 Å². The van der Waals surface area contributed by atoms with Crippen molar-refractivity contribution in [3.05, 3.63) is 0 Å².